The number of hydrogen-bond acceptors (Lipinski definition) is 3. The van der Waals surface area contributed by atoms with Gasteiger partial charge in [-0.25, -0.2) is 0 Å². The number of unbranched alkanes of at least 4 members (excludes halogenated alkanes) is 2. The fourth-order valence-electron chi connectivity index (χ4n) is 3.58. The van der Waals surface area contributed by atoms with Gasteiger partial charge in [-0.2, -0.15) is 0 Å². The van der Waals surface area contributed by atoms with E-state index in [1.807, 2.05) is 6.92 Å². The molecule has 0 aromatic carbocycles. The van der Waals surface area contributed by atoms with Gasteiger partial charge in [0.25, 0.3) is 0 Å². The number of piperidine rings is 1. The fourth-order valence-corrected chi connectivity index (χ4v) is 3.58. The zero-order chi connectivity index (χ0) is 14.4. The summed E-state index contributed by atoms with van der Waals surface area (Å²) in [5.41, 5.74) is 0. The van der Waals surface area contributed by atoms with E-state index in [0.29, 0.717) is 12.1 Å². The van der Waals surface area contributed by atoms with Crippen molar-refractivity contribution in [1.29, 1.82) is 0 Å². The van der Waals surface area contributed by atoms with E-state index in [9.17, 15) is 4.79 Å². The van der Waals surface area contributed by atoms with E-state index in [-0.39, 0.29) is 11.9 Å². The van der Waals surface area contributed by atoms with E-state index in [4.69, 9.17) is 0 Å². The molecule has 2 rings (SSSR count). The lowest BCUT2D eigenvalue weighted by molar-refractivity contribution is -0.123. The van der Waals surface area contributed by atoms with Gasteiger partial charge in [-0.05, 0) is 39.2 Å². The van der Waals surface area contributed by atoms with Crippen LogP contribution in [0.1, 0.15) is 58.8 Å². The van der Waals surface area contributed by atoms with E-state index >= 15 is 0 Å². The van der Waals surface area contributed by atoms with Crippen molar-refractivity contribution in [3.05, 3.63) is 0 Å². The van der Waals surface area contributed by atoms with E-state index in [0.717, 1.165) is 13.0 Å². The van der Waals surface area contributed by atoms with Crippen molar-refractivity contribution < 1.29 is 4.79 Å². The molecule has 2 N–H and O–H groups in total. The minimum atomic E-state index is -0.0662. The number of hydrogen-bond donors (Lipinski definition) is 2. The maximum Gasteiger partial charge on any atom is 0.236 e. The van der Waals surface area contributed by atoms with Gasteiger partial charge < -0.3 is 10.6 Å². The normalized spacial score (nSPS) is 28.1. The van der Waals surface area contributed by atoms with Crippen molar-refractivity contribution in [3.63, 3.8) is 0 Å². The summed E-state index contributed by atoms with van der Waals surface area (Å²) < 4.78 is 0. The van der Waals surface area contributed by atoms with Crippen LogP contribution in [-0.4, -0.2) is 48.6 Å². The van der Waals surface area contributed by atoms with Crippen molar-refractivity contribution >= 4 is 5.91 Å². The number of amides is 1. The molecular weight excluding hydrogens is 250 g/mol. The number of nitrogens with one attached hydrogen (secondary N) is 2. The van der Waals surface area contributed by atoms with Crippen molar-refractivity contribution in [3.8, 4) is 0 Å². The standard InChI is InChI=1S/C16H31N3O/c1-3-4-6-10-17-16(20)13(2)18-14-9-12-19-11-7-5-8-15(14)19/h13-15,18H,3-12H2,1-2H3,(H,17,20). The SMILES string of the molecule is CCCCCNC(=O)C(C)NC1CCN2CCCCC12. The summed E-state index contributed by atoms with van der Waals surface area (Å²) in [5.74, 6) is 0.162. The van der Waals surface area contributed by atoms with Gasteiger partial charge in [-0.15, -0.1) is 0 Å². The van der Waals surface area contributed by atoms with Gasteiger partial charge in [0, 0.05) is 25.2 Å². The van der Waals surface area contributed by atoms with Crippen molar-refractivity contribution in [2.24, 2.45) is 0 Å². The van der Waals surface area contributed by atoms with Crippen LogP contribution in [0.5, 0.6) is 0 Å². The Kier molecular flexibility index (Phi) is 6.30. The molecule has 3 atom stereocenters. The first kappa shape index (κ1) is 15.8. The second kappa shape index (κ2) is 7.99. The lowest BCUT2D eigenvalue weighted by Crippen LogP contribution is -2.52. The number of nitrogens with zero attached hydrogens (tertiary/aromatic N) is 1. The Bertz CT molecular complexity index is 308. The highest BCUT2D eigenvalue weighted by Crippen LogP contribution is 2.27. The van der Waals surface area contributed by atoms with Crippen LogP contribution in [0.2, 0.25) is 0 Å². The summed E-state index contributed by atoms with van der Waals surface area (Å²) in [6, 6.07) is 1.11. The first-order chi connectivity index (χ1) is 9.72. The van der Waals surface area contributed by atoms with Crippen LogP contribution in [0.25, 0.3) is 0 Å². The van der Waals surface area contributed by atoms with Crippen molar-refractivity contribution in [1.82, 2.24) is 15.5 Å². The predicted octanol–water partition coefficient (Wildman–Crippen LogP) is 1.90. The second-order valence-corrected chi connectivity index (χ2v) is 6.38. The van der Waals surface area contributed by atoms with Crippen LogP contribution in [0.4, 0.5) is 0 Å². The molecule has 2 fully saturated rings. The molecule has 0 spiro atoms. The fraction of sp³-hybridized carbons (Fsp3) is 0.938. The summed E-state index contributed by atoms with van der Waals surface area (Å²) in [7, 11) is 0. The summed E-state index contributed by atoms with van der Waals surface area (Å²) in [6.07, 6.45) is 8.66. The summed E-state index contributed by atoms with van der Waals surface area (Å²) in [6.45, 7) is 7.45. The largest absolute Gasteiger partial charge is 0.355 e. The van der Waals surface area contributed by atoms with Gasteiger partial charge in [0.1, 0.15) is 0 Å². The number of carbonyl (C=O) groups excluding carboxylic acids is 1. The van der Waals surface area contributed by atoms with Crippen molar-refractivity contribution in [2.45, 2.75) is 76.9 Å². The molecule has 0 aliphatic carbocycles. The topological polar surface area (TPSA) is 44.4 Å². The third-order valence-electron chi connectivity index (χ3n) is 4.79. The molecule has 0 bridgehead atoms. The van der Waals surface area contributed by atoms with Gasteiger partial charge in [-0.1, -0.05) is 26.2 Å². The molecule has 2 saturated heterocycles. The van der Waals surface area contributed by atoms with E-state index in [1.54, 1.807) is 0 Å². The third kappa shape index (κ3) is 4.19. The molecule has 0 aromatic rings. The molecule has 20 heavy (non-hydrogen) atoms. The Hall–Kier alpha value is -0.610. The molecule has 1 amide bonds. The summed E-state index contributed by atoms with van der Waals surface area (Å²) >= 11 is 0. The molecule has 2 heterocycles. The van der Waals surface area contributed by atoms with Crippen LogP contribution in [0.3, 0.4) is 0 Å². The molecule has 116 valence electrons. The Labute approximate surface area is 123 Å². The molecule has 0 saturated carbocycles. The first-order valence-electron chi connectivity index (χ1n) is 8.50. The molecule has 0 aromatic heterocycles. The molecule has 2 aliphatic heterocycles. The molecule has 0 radical (unpaired) electrons. The van der Waals surface area contributed by atoms with Gasteiger partial charge >= 0.3 is 0 Å². The Morgan fingerprint density at radius 3 is 2.90 bits per heavy atom. The molecule has 3 unspecified atom stereocenters. The quantitative estimate of drug-likeness (QED) is 0.701. The summed E-state index contributed by atoms with van der Waals surface area (Å²) in [4.78, 5) is 14.7. The monoisotopic (exact) mass is 281 g/mol. The third-order valence-corrected chi connectivity index (χ3v) is 4.79. The molecule has 4 nitrogen and oxygen atoms in total. The van der Waals surface area contributed by atoms with E-state index in [2.05, 4.69) is 22.5 Å². The van der Waals surface area contributed by atoms with Crippen LogP contribution in [-0.2, 0) is 4.79 Å². The highest BCUT2D eigenvalue weighted by molar-refractivity contribution is 5.81. The van der Waals surface area contributed by atoms with Crippen LogP contribution in [0.15, 0.2) is 0 Å². The maximum atomic E-state index is 12.1. The maximum absolute atomic E-state index is 12.1. The average Bonchev–Trinajstić information content (AvgIpc) is 2.87. The lowest BCUT2D eigenvalue weighted by atomic mass is 9.98. The number of fused-ring (bicyclic) bond motifs is 1. The smallest absolute Gasteiger partial charge is 0.236 e. The van der Waals surface area contributed by atoms with Gasteiger partial charge in [0.2, 0.25) is 5.91 Å². The van der Waals surface area contributed by atoms with Crippen LogP contribution < -0.4 is 10.6 Å². The Morgan fingerprint density at radius 1 is 1.25 bits per heavy atom. The predicted molar refractivity (Wildman–Crippen MR) is 82.7 cm³/mol. The second-order valence-electron chi connectivity index (χ2n) is 6.38. The lowest BCUT2D eigenvalue weighted by Gasteiger charge is -2.33. The Balaban J connectivity index is 1.70. The minimum Gasteiger partial charge on any atom is -0.355 e. The molecule has 4 heteroatoms. The van der Waals surface area contributed by atoms with Crippen molar-refractivity contribution in [2.75, 3.05) is 19.6 Å². The molecular formula is C16H31N3O. The minimum absolute atomic E-state index is 0.0662. The van der Waals surface area contributed by atoms with Crippen LogP contribution in [0, 0.1) is 0 Å². The van der Waals surface area contributed by atoms with E-state index in [1.165, 1.54) is 51.6 Å². The van der Waals surface area contributed by atoms with E-state index < -0.39 is 0 Å². The highest BCUT2D eigenvalue weighted by Gasteiger charge is 2.36. The average molecular weight is 281 g/mol. The van der Waals surface area contributed by atoms with Gasteiger partial charge in [-0.3, -0.25) is 9.69 Å². The zero-order valence-corrected chi connectivity index (χ0v) is 13.2. The molecule has 2 aliphatic rings. The summed E-state index contributed by atoms with van der Waals surface area (Å²) in [5, 5.41) is 6.61. The van der Waals surface area contributed by atoms with Gasteiger partial charge in [0.15, 0.2) is 0 Å². The highest BCUT2D eigenvalue weighted by atomic mass is 16.2. The Morgan fingerprint density at radius 2 is 2.10 bits per heavy atom. The number of carbonyl (C=O) groups is 1. The van der Waals surface area contributed by atoms with Gasteiger partial charge in [0.05, 0.1) is 6.04 Å². The number of rotatable bonds is 7. The zero-order valence-electron chi connectivity index (χ0n) is 13.2. The first-order valence-corrected chi connectivity index (χ1v) is 8.50. The van der Waals surface area contributed by atoms with Crippen LogP contribution >= 0.6 is 0 Å².